The smallest absolute Gasteiger partial charge is 0.255 e. The van der Waals surface area contributed by atoms with Gasteiger partial charge < -0.3 is 25.3 Å². The number of anilines is 1. The van der Waals surface area contributed by atoms with Gasteiger partial charge >= 0.3 is 0 Å². The number of rotatable bonds is 7. The minimum Gasteiger partial charge on any atom is -0.497 e. The van der Waals surface area contributed by atoms with Crippen LogP contribution in [-0.4, -0.2) is 57.9 Å². The topological polar surface area (TPSA) is 112 Å². The number of likely N-dealkylation sites (tertiary alicyclic amines) is 1. The highest BCUT2D eigenvalue weighted by atomic mass is 16.5. The first-order chi connectivity index (χ1) is 15.6. The fourth-order valence-electron chi connectivity index (χ4n) is 3.74. The average molecular weight is 435 g/mol. The summed E-state index contributed by atoms with van der Waals surface area (Å²) < 4.78 is 5.15. The fraction of sp³-hybridized carbons (Fsp3) is 0.304. The third kappa shape index (κ3) is 4.72. The molecule has 3 N–H and O–H groups in total. The molecule has 166 valence electrons. The SMILES string of the molecule is C=CC(=O)N1CCC(Nc2cnc3[nH]cc(C(=O)NCc4ccc(OC)cc4)c3n2)CC1. The molecule has 32 heavy (non-hydrogen) atoms. The van der Waals surface area contributed by atoms with Crippen LogP contribution < -0.4 is 15.4 Å². The number of amides is 2. The number of benzene rings is 1. The summed E-state index contributed by atoms with van der Waals surface area (Å²) in [5, 5.41) is 6.30. The maximum atomic E-state index is 12.8. The number of nitrogens with zero attached hydrogens (tertiary/aromatic N) is 3. The zero-order valence-electron chi connectivity index (χ0n) is 17.9. The quantitative estimate of drug-likeness (QED) is 0.493. The predicted octanol–water partition coefficient (Wildman–Crippen LogP) is 2.49. The summed E-state index contributed by atoms with van der Waals surface area (Å²) >= 11 is 0. The molecule has 0 spiro atoms. The Morgan fingerprint density at radius 3 is 2.72 bits per heavy atom. The molecule has 4 rings (SSSR count). The van der Waals surface area contributed by atoms with Crippen molar-refractivity contribution in [2.75, 3.05) is 25.5 Å². The molecule has 2 aromatic heterocycles. The van der Waals surface area contributed by atoms with Gasteiger partial charge in [-0.25, -0.2) is 9.97 Å². The van der Waals surface area contributed by atoms with Crippen LogP contribution >= 0.6 is 0 Å². The van der Waals surface area contributed by atoms with Crippen LogP contribution in [0.3, 0.4) is 0 Å². The van der Waals surface area contributed by atoms with Crippen molar-refractivity contribution in [1.82, 2.24) is 25.2 Å². The zero-order valence-corrected chi connectivity index (χ0v) is 17.9. The van der Waals surface area contributed by atoms with E-state index >= 15 is 0 Å². The second-order valence-electron chi connectivity index (χ2n) is 7.63. The van der Waals surface area contributed by atoms with Crippen LogP contribution in [0.1, 0.15) is 28.8 Å². The van der Waals surface area contributed by atoms with Crippen molar-refractivity contribution in [2.45, 2.75) is 25.4 Å². The Kier molecular flexibility index (Phi) is 6.34. The first kappa shape index (κ1) is 21.4. The zero-order chi connectivity index (χ0) is 22.5. The van der Waals surface area contributed by atoms with Gasteiger partial charge in [-0.1, -0.05) is 18.7 Å². The van der Waals surface area contributed by atoms with Crippen LogP contribution in [0.25, 0.3) is 11.2 Å². The number of H-pyrrole nitrogens is 1. The molecule has 9 nitrogen and oxygen atoms in total. The van der Waals surface area contributed by atoms with Gasteiger partial charge in [-0.3, -0.25) is 9.59 Å². The molecule has 0 bridgehead atoms. The van der Waals surface area contributed by atoms with Crippen LogP contribution in [0, 0.1) is 0 Å². The third-order valence-electron chi connectivity index (χ3n) is 5.57. The largest absolute Gasteiger partial charge is 0.497 e. The molecule has 1 aromatic carbocycles. The average Bonchev–Trinajstić information content (AvgIpc) is 3.26. The van der Waals surface area contributed by atoms with E-state index in [1.165, 1.54) is 6.08 Å². The lowest BCUT2D eigenvalue weighted by atomic mass is 10.1. The summed E-state index contributed by atoms with van der Waals surface area (Å²) in [7, 11) is 1.62. The van der Waals surface area contributed by atoms with Gasteiger partial charge in [0.15, 0.2) is 5.65 Å². The van der Waals surface area contributed by atoms with Gasteiger partial charge in [0.05, 0.1) is 18.9 Å². The van der Waals surface area contributed by atoms with Crippen LogP contribution in [-0.2, 0) is 11.3 Å². The van der Waals surface area contributed by atoms with Crippen LogP contribution in [0.15, 0.2) is 49.3 Å². The van der Waals surface area contributed by atoms with Crippen molar-refractivity contribution in [2.24, 2.45) is 0 Å². The van der Waals surface area contributed by atoms with Crippen LogP contribution in [0.2, 0.25) is 0 Å². The van der Waals surface area contributed by atoms with Gasteiger partial charge in [-0.15, -0.1) is 0 Å². The van der Waals surface area contributed by atoms with Crippen LogP contribution in [0.4, 0.5) is 5.82 Å². The molecule has 0 saturated carbocycles. The molecule has 0 atom stereocenters. The molecule has 1 fully saturated rings. The number of piperidine rings is 1. The molecule has 1 aliphatic rings. The van der Waals surface area contributed by atoms with Crippen molar-refractivity contribution in [1.29, 1.82) is 0 Å². The number of carbonyl (C=O) groups excluding carboxylic acids is 2. The van der Waals surface area contributed by atoms with E-state index in [2.05, 4.69) is 32.2 Å². The van der Waals surface area contributed by atoms with Crippen molar-refractivity contribution >= 4 is 28.8 Å². The Hall–Kier alpha value is -3.88. The summed E-state index contributed by atoms with van der Waals surface area (Å²) in [5.74, 6) is 1.11. The van der Waals surface area contributed by atoms with Crippen molar-refractivity contribution in [3.63, 3.8) is 0 Å². The monoisotopic (exact) mass is 434 g/mol. The summed E-state index contributed by atoms with van der Waals surface area (Å²) in [6.45, 7) is 5.27. The summed E-state index contributed by atoms with van der Waals surface area (Å²) in [4.78, 5) is 38.3. The number of fused-ring (bicyclic) bond motifs is 1. The molecule has 3 aromatic rings. The number of carbonyl (C=O) groups is 2. The Balaban J connectivity index is 1.40. The molecule has 1 aliphatic heterocycles. The van der Waals surface area contributed by atoms with Crippen molar-refractivity contribution in [3.8, 4) is 5.75 Å². The van der Waals surface area contributed by atoms with Gasteiger partial charge in [0.1, 0.15) is 17.1 Å². The predicted molar refractivity (Wildman–Crippen MR) is 121 cm³/mol. The van der Waals surface area contributed by atoms with Gasteiger partial charge in [0, 0.05) is 31.9 Å². The van der Waals surface area contributed by atoms with E-state index < -0.39 is 0 Å². The van der Waals surface area contributed by atoms with Crippen molar-refractivity contribution < 1.29 is 14.3 Å². The normalized spacial score (nSPS) is 14.2. The molecular weight excluding hydrogens is 408 g/mol. The summed E-state index contributed by atoms with van der Waals surface area (Å²) in [5.41, 5.74) is 2.47. The maximum absolute atomic E-state index is 12.8. The molecular formula is C23H26N6O3. The Bertz CT molecular complexity index is 1120. The molecule has 0 aliphatic carbocycles. The molecule has 1 saturated heterocycles. The van der Waals surface area contributed by atoms with E-state index in [1.807, 2.05) is 24.3 Å². The van der Waals surface area contributed by atoms with Gasteiger partial charge in [0.25, 0.3) is 5.91 Å². The van der Waals surface area contributed by atoms with E-state index in [1.54, 1.807) is 24.4 Å². The molecule has 9 heteroatoms. The number of hydrogen-bond acceptors (Lipinski definition) is 6. The molecule has 0 radical (unpaired) electrons. The number of methoxy groups -OCH3 is 1. The highest BCUT2D eigenvalue weighted by Crippen LogP contribution is 2.20. The molecule has 2 amide bonds. The highest BCUT2D eigenvalue weighted by Gasteiger charge is 2.22. The van der Waals surface area contributed by atoms with Gasteiger partial charge in [0.2, 0.25) is 5.91 Å². The van der Waals surface area contributed by atoms with E-state index in [9.17, 15) is 9.59 Å². The third-order valence-corrected chi connectivity index (χ3v) is 5.57. The highest BCUT2D eigenvalue weighted by molar-refractivity contribution is 6.04. The first-order valence-corrected chi connectivity index (χ1v) is 10.5. The number of ether oxygens (including phenoxy) is 1. The summed E-state index contributed by atoms with van der Waals surface area (Å²) in [6, 6.07) is 7.71. The second-order valence-corrected chi connectivity index (χ2v) is 7.63. The number of aromatic amines is 1. The lowest BCUT2D eigenvalue weighted by molar-refractivity contribution is -0.126. The fourth-order valence-corrected chi connectivity index (χ4v) is 3.74. The lowest BCUT2D eigenvalue weighted by Crippen LogP contribution is -2.41. The Morgan fingerprint density at radius 1 is 1.28 bits per heavy atom. The maximum Gasteiger partial charge on any atom is 0.255 e. The Morgan fingerprint density at radius 2 is 2.03 bits per heavy atom. The standard InChI is InChI=1S/C23H26N6O3/c1-3-20(30)29-10-8-16(9-11-29)27-19-14-25-22-21(28-19)18(13-24-22)23(31)26-12-15-4-6-17(32-2)7-5-15/h3-7,13-14,16H,1,8-12H2,2H3,(H,24,25)(H,26,31)(H,27,28). The Labute approximate surface area is 185 Å². The second kappa shape index (κ2) is 9.51. The lowest BCUT2D eigenvalue weighted by Gasteiger charge is -2.31. The minimum atomic E-state index is -0.227. The van der Waals surface area contributed by atoms with Gasteiger partial charge in [-0.2, -0.15) is 0 Å². The van der Waals surface area contributed by atoms with Crippen molar-refractivity contribution in [3.05, 3.63) is 60.4 Å². The summed E-state index contributed by atoms with van der Waals surface area (Å²) in [6.07, 6.45) is 6.24. The van der Waals surface area contributed by atoms with E-state index in [0.29, 0.717) is 42.2 Å². The minimum absolute atomic E-state index is 0.0396. The number of hydrogen-bond donors (Lipinski definition) is 3. The van der Waals surface area contributed by atoms with E-state index in [0.717, 1.165) is 24.2 Å². The molecule has 3 heterocycles. The number of aromatic nitrogens is 3. The first-order valence-electron chi connectivity index (χ1n) is 10.5. The number of nitrogens with one attached hydrogen (secondary N) is 3. The van der Waals surface area contributed by atoms with E-state index in [4.69, 9.17) is 4.74 Å². The van der Waals surface area contributed by atoms with Gasteiger partial charge in [-0.05, 0) is 36.6 Å². The van der Waals surface area contributed by atoms with Crippen LogP contribution in [0.5, 0.6) is 5.75 Å². The molecule has 0 unspecified atom stereocenters. The van der Waals surface area contributed by atoms with E-state index in [-0.39, 0.29) is 17.9 Å².